The maximum Gasteiger partial charge on any atom is 0.338 e. The highest BCUT2D eigenvalue weighted by Gasteiger charge is 2.13. The quantitative estimate of drug-likeness (QED) is 0.655. The van der Waals surface area contributed by atoms with E-state index in [0.717, 1.165) is 0 Å². The van der Waals surface area contributed by atoms with E-state index in [1.165, 1.54) is 19.2 Å². The average Bonchev–Trinajstić information content (AvgIpc) is 2.16. The second-order valence-corrected chi connectivity index (χ2v) is 2.61. The van der Waals surface area contributed by atoms with Gasteiger partial charge in [-0.25, -0.2) is 9.18 Å². The Morgan fingerprint density at radius 2 is 2.23 bits per heavy atom. The zero-order valence-electron chi connectivity index (χ0n) is 7.63. The fraction of sp³-hybridized carbons (Fsp3) is 0.300. The van der Waals surface area contributed by atoms with Crippen molar-refractivity contribution in [2.45, 2.75) is 13.3 Å². The predicted octanol–water partition coefficient (Wildman–Crippen LogP) is 2.17. The van der Waals surface area contributed by atoms with Crippen LogP contribution >= 0.6 is 0 Å². The van der Waals surface area contributed by atoms with Gasteiger partial charge in [-0.1, -0.05) is 13.0 Å². The van der Waals surface area contributed by atoms with Crippen molar-refractivity contribution in [1.82, 2.24) is 0 Å². The predicted molar refractivity (Wildman–Crippen MR) is 47.1 cm³/mol. The zero-order valence-corrected chi connectivity index (χ0v) is 7.63. The van der Waals surface area contributed by atoms with Crippen LogP contribution in [0, 0.1) is 5.82 Å². The number of benzene rings is 1. The Balaban J connectivity index is 3.20. The van der Waals surface area contributed by atoms with Gasteiger partial charge in [-0.3, -0.25) is 0 Å². The summed E-state index contributed by atoms with van der Waals surface area (Å²) in [5, 5.41) is 0. The van der Waals surface area contributed by atoms with Crippen molar-refractivity contribution >= 4 is 5.97 Å². The molecule has 1 rings (SSSR count). The van der Waals surface area contributed by atoms with Crippen LogP contribution in [0.2, 0.25) is 0 Å². The van der Waals surface area contributed by atoms with Gasteiger partial charge in [0.25, 0.3) is 0 Å². The van der Waals surface area contributed by atoms with Crippen LogP contribution < -0.4 is 0 Å². The summed E-state index contributed by atoms with van der Waals surface area (Å²) < 4.78 is 17.7. The molecule has 13 heavy (non-hydrogen) atoms. The second kappa shape index (κ2) is 4.03. The topological polar surface area (TPSA) is 26.3 Å². The Labute approximate surface area is 76.3 Å². The molecule has 1 aromatic rings. The minimum atomic E-state index is -0.489. The Kier molecular flexibility index (Phi) is 3.01. The molecule has 0 radical (unpaired) electrons. The van der Waals surface area contributed by atoms with Gasteiger partial charge in [0.2, 0.25) is 0 Å². The summed E-state index contributed by atoms with van der Waals surface area (Å²) in [6, 6.07) is 4.40. The lowest BCUT2D eigenvalue weighted by Gasteiger charge is -2.05. The van der Waals surface area contributed by atoms with Crippen molar-refractivity contribution in [3.63, 3.8) is 0 Å². The van der Waals surface area contributed by atoms with Gasteiger partial charge in [-0.2, -0.15) is 0 Å². The fourth-order valence-corrected chi connectivity index (χ4v) is 1.22. The van der Waals surface area contributed by atoms with E-state index >= 15 is 0 Å². The number of carbonyl (C=O) groups is 1. The van der Waals surface area contributed by atoms with E-state index in [1.54, 1.807) is 13.0 Å². The smallest absolute Gasteiger partial charge is 0.338 e. The van der Waals surface area contributed by atoms with Crippen molar-refractivity contribution < 1.29 is 13.9 Å². The molecule has 0 aromatic heterocycles. The first-order chi connectivity index (χ1) is 6.20. The van der Waals surface area contributed by atoms with Crippen LogP contribution in [0.5, 0.6) is 0 Å². The number of hydrogen-bond donors (Lipinski definition) is 0. The SMILES string of the molecule is CCc1c(F)cccc1C(=O)OC. The maximum atomic E-state index is 13.1. The molecule has 0 N–H and O–H groups in total. The van der Waals surface area contributed by atoms with Gasteiger partial charge in [0.15, 0.2) is 0 Å². The first-order valence-electron chi connectivity index (χ1n) is 4.06. The van der Waals surface area contributed by atoms with Crippen molar-refractivity contribution in [1.29, 1.82) is 0 Å². The molecule has 0 atom stereocenters. The molecule has 1 aromatic carbocycles. The lowest BCUT2D eigenvalue weighted by Crippen LogP contribution is -2.06. The third-order valence-electron chi connectivity index (χ3n) is 1.88. The molecule has 0 unspecified atom stereocenters. The van der Waals surface area contributed by atoms with Gasteiger partial charge in [-0.05, 0) is 18.6 Å². The van der Waals surface area contributed by atoms with E-state index in [0.29, 0.717) is 17.5 Å². The molecular weight excluding hydrogens is 171 g/mol. The van der Waals surface area contributed by atoms with Crippen molar-refractivity contribution in [3.05, 3.63) is 35.1 Å². The summed E-state index contributed by atoms with van der Waals surface area (Å²) in [6.45, 7) is 1.80. The molecule has 0 fully saturated rings. The Hall–Kier alpha value is -1.38. The summed E-state index contributed by atoms with van der Waals surface area (Å²) in [7, 11) is 1.28. The number of esters is 1. The lowest BCUT2D eigenvalue weighted by atomic mass is 10.0. The molecule has 0 spiro atoms. The number of halogens is 1. The van der Waals surface area contributed by atoms with Gasteiger partial charge in [0, 0.05) is 5.56 Å². The summed E-state index contributed by atoms with van der Waals surface area (Å²) in [5.74, 6) is -0.846. The number of hydrogen-bond acceptors (Lipinski definition) is 2. The highest BCUT2D eigenvalue weighted by molar-refractivity contribution is 5.91. The largest absolute Gasteiger partial charge is 0.465 e. The van der Waals surface area contributed by atoms with Crippen molar-refractivity contribution in [3.8, 4) is 0 Å². The zero-order chi connectivity index (χ0) is 9.84. The van der Waals surface area contributed by atoms with Gasteiger partial charge in [0.05, 0.1) is 12.7 Å². The minimum Gasteiger partial charge on any atom is -0.465 e. The first kappa shape index (κ1) is 9.71. The molecule has 2 nitrogen and oxygen atoms in total. The third kappa shape index (κ3) is 1.86. The standard InChI is InChI=1S/C10H11FO2/c1-3-7-8(10(12)13-2)5-4-6-9(7)11/h4-6H,3H2,1-2H3. The molecule has 0 saturated carbocycles. The van der Waals surface area contributed by atoms with Gasteiger partial charge in [-0.15, -0.1) is 0 Å². The molecule has 3 heteroatoms. The summed E-state index contributed by atoms with van der Waals surface area (Å²) in [4.78, 5) is 11.2. The van der Waals surface area contributed by atoms with E-state index in [1.807, 2.05) is 0 Å². The van der Waals surface area contributed by atoms with Gasteiger partial charge in [0.1, 0.15) is 5.82 Å². The van der Waals surface area contributed by atoms with Crippen molar-refractivity contribution in [2.75, 3.05) is 7.11 Å². The first-order valence-corrected chi connectivity index (χ1v) is 4.06. The molecule has 0 amide bonds. The Morgan fingerprint density at radius 1 is 1.54 bits per heavy atom. The average molecular weight is 182 g/mol. The highest BCUT2D eigenvalue weighted by atomic mass is 19.1. The van der Waals surface area contributed by atoms with Crippen LogP contribution in [0.3, 0.4) is 0 Å². The molecule has 0 saturated heterocycles. The monoisotopic (exact) mass is 182 g/mol. The molecule has 70 valence electrons. The fourth-order valence-electron chi connectivity index (χ4n) is 1.22. The number of carbonyl (C=O) groups excluding carboxylic acids is 1. The molecule has 0 aliphatic carbocycles. The van der Waals surface area contributed by atoms with Crippen LogP contribution in [0.4, 0.5) is 4.39 Å². The Morgan fingerprint density at radius 3 is 2.77 bits per heavy atom. The summed E-state index contributed by atoms with van der Waals surface area (Å²) in [5.41, 5.74) is 0.722. The summed E-state index contributed by atoms with van der Waals surface area (Å²) in [6.07, 6.45) is 0.483. The number of ether oxygens (including phenoxy) is 1. The molecule has 0 bridgehead atoms. The van der Waals surface area contributed by atoms with Crippen LogP contribution in [-0.2, 0) is 11.2 Å². The second-order valence-electron chi connectivity index (χ2n) is 2.61. The normalized spacial score (nSPS) is 9.77. The van der Waals surface area contributed by atoms with E-state index in [-0.39, 0.29) is 5.82 Å². The van der Waals surface area contributed by atoms with E-state index in [9.17, 15) is 9.18 Å². The molecule has 0 aliphatic rings. The van der Waals surface area contributed by atoms with Crippen LogP contribution in [0.25, 0.3) is 0 Å². The molecule has 0 aliphatic heterocycles. The van der Waals surface area contributed by atoms with Crippen molar-refractivity contribution in [2.24, 2.45) is 0 Å². The van der Waals surface area contributed by atoms with E-state index in [4.69, 9.17) is 0 Å². The maximum absolute atomic E-state index is 13.1. The number of methoxy groups -OCH3 is 1. The number of rotatable bonds is 2. The van der Waals surface area contributed by atoms with Gasteiger partial charge >= 0.3 is 5.97 Å². The molecule has 0 heterocycles. The Bertz CT molecular complexity index is 321. The summed E-state index contributed by atoms with van der Waals surface area (Å²) >= 11 is 0. The van der Waals surface area contributed by atoms with Crippen LogP contribution in [0.1, 0.15) is 22.8 Å². The van der Waals surface area contributed by atoms with Gasteiger partial charge < -0.3 is 4.74 Å². The minimum absolute atomic E-state index is 0.310. The lowest BCUT2D eigenvalue weighted by molar-refractivity contribution is 0.0599. The van der Waals surface area contributed by atoms with E-state index < -0.39 is 5.97 Å². The molecular formula is C10H11FO2. The third-order valence-corrected chi connectivity index (χ3v) is 1.88. The highest BCUT2D eigenvalue weighted by Crippen LogP contribution is 2.14. The van der Waals surface area contributed by atoms with E-state index in [2.05, 4.69) is 4.74 Å². The van der Waals surface area contributed by atoms with Crippen LogP contribution in [0.15, 0.2) is 18.2 Å². The van der Waals surface area contributed by atoms with Crippen LogP contribution in [-0.4, -0.2) is 13.1 Å².